The van der Waals surface area contributed by atoms with Crippen molar-refractivity contribution in [3.05, 3.63) is 30.1 Å². The molecule has 0 unspecified atom stereocenters. The van der Waals surface area contributed by atoms with Crippen LogP contribution in [0, 0.1) is 11.3 Å². The molecule has 0 saturated carbocycles. The Bertz CT molecular complexity index is 338. The van der Waals surface area contributed by atoms with Crippen molar-refractivity contribution in [2.75, 3.05) is 13.6 Å². The molecule has 0 aliphatic carbocycles. The van der Waals surface area contributed by atoms with Crippen molar-refractivity contribution in [3.63, 3.8) is 0 Å². The van der Waals surface area contributed by atoms with Crippen molar-refractivity contribution in [1.29, 1.82) is 5.26 Å². The number of nitrogens with zero attached hydrogens (tertiary/aromatic N) is 3. The Morgan fingerprint density at radius 1 is 1.47 bits per heavy atom. The Labute approximate surface area is 91.4 Å². The highest BCUT2D eigenvalue weighted by atomic mass is 15.2. The van der Waals surface area contributed by atoms with E-state index in [1.807, 2.05) is 44.0 Å². The van der Waals surface area contributed by atoms with E-state index in [9.17, 15) is 0 Å². The van der Waals surface area contributed by atoms with Crippen molar-refractivity contribution in [2.45, 2.75) is 25.8 Å². The molecule has 0 bridgehead atoms. The third-order valence-electron chi connectivity index (χ3n) is 2.66. The van der Waals surface area contributed by atoms with Gasteiger partial charge in [0, 0.05) is 24.9 Å². The summed E-state index contributed by atoms with van der Waals surface area (Å²) in [5.41, 5.74) is 0.660. The lowest BCUT2D eigenvalue weighted by Gasteiger charge is -2.28. The largest absolute Gasteiger partial charge is 0.289 e. The molecule has 0 aliphatic heterocycles. The molecular formula is C12H17N3. The molecule has 3 heteroatoms. The first-order valence-corrected chi connectivity index (χ1v) is 5.08. The van der Waals surface area contributed by atoms with E-state index in [-0.39, 0.29) is 0 Å². The molecular weight excluding hydrogens is 186 g/mol. The van der Waals surface area contributed by atoms with E-state index in [0.717, 1.165) is 18.7 Å². The van der Waals surface area contributed by atoms with Crippen LogP contribution in [-0.2, 0) is 6.42 Å². The first-order valence-electron chi connectivity index (χ1n) is 5.08. The van der Waals surface area contributed by atoms with Crippen LogP contribution in [0.1, 0.15) is 19.5 Å². The van der Waals surface area contributed by atoms with Crippen LogP contribution >= 0.6 is 0 Å². The highest BCUT2D eigenvalue weighted by Crippen LogP contribution is 2.10. The minimum Gasteiger partial charge on any atom is -0.289 e. The molecule has 1 aromatic rings. The average Bonchev–Trinajstić information content (AvgIpc) is 2.27. The Morgan fingerprint density at radius 3 is 2.73 bits per heavy atom. The Hall–Kier alpha value is -1.40. The van der Waals surface area contributed by atoms with Gasteiger partial charge in [0.05, 0.1) is 6.07 Å². The zero-order chi connectivity index (χ0) is 11.3. The van der Waals surface area contributed by atoms with Crippen LogP contribution in [0.3, 0.4) is 0 Å². The second-order valence-electron chi connectivity index (χ2n) is 4.16. The van der Waals surface area contributed by atoms with Crippen LogP contribution in [0.15, 0.2) is 24.4 Å². The van der Waals surface area contributed by atoms with Gasteiger partial charge in [0.2, 0.25) is 0 Å². The zero-order valence-corrected chi connectivity index (χ0v) is 9.57. The molecule has 80 valence electrons. The van der Waals surface area contributed by atoms with Crippen LogP contribution < -0.4 is 0 Å². The quantitative estimate of drug-likeness (QED) is 0.750. The number of hydrogen-bond acceptors (Lipinski definition) is 3. The van der Waals surface area contributed by atoms with Gasteiger partial charge in [-0.15, -0.1) is 0 Å². The van der Waals surface area contributed by atoms with Crippen LogP contribution in [0.4, 0.5) is 0 Å². The molecule has 1 rings (SSSR count). The molecule has 0 N–H and O–H groups in total. The Balaban J connectivity index is 2.49. The van der Waals surface area contributed by atoms with E-state index in [1.165, 1.54) is 0 Å². The van der Waals surface area contributed by atoms with Crippen LogP contribution in [0.5, 0.6) is 0 Å². The highest BCUT2D eigenvalue weighted by Gasteiger charge is 2.22. The van der Waals surface area contributed by atoms with Crippen LogP contribution in [0.25, 0.3) is 0 Å². The van der Waals surface area contributed by atoms with E-state index >= 15 is 0 Å². The van der Waals surface area contributed by atoms with Gasteiger partial charge in [-0.25, -0.2) is 0 Å². The topological polar surface area (TPSA) is 39.9 Å². The molecule has 1 aromatic heterocycles. The standard InChI is InChI=1S/C12H17N3/c1-12(2,10-13)15(3)9-7-11-6-4-5-8-14-11/h4-6,8H,7,9H2,1-3H3. The third-order valence-corrected chi connectivity index (χ3v) is 2.66. The van der Waals surface area contributed by atoms with Crippen molar-refractivity contribution in [3.8, 4) is 6.07 Å². The highest BCUT2D eigenvalue weighted by molar-refractivity contribution is 5.05. The maximum Gasteiger partial charge on any atom is 0.103 e. The molecule has 0 fully saturated rings. The summed E-state index contributed by atoms with van der Waals surface area (Å²) in [5.74, 6) is 0. The monoisotopic (exact) mass is 203 g/mol. The predicted octanol–water partition coefficient (Wildman–Crippen LogP) is 1.86. The summed E-state index contributed by atoms with van der Waals surface area (Å²) in [6, 6.07) is 8.18. The molecule has 3 nitrogen and oxygen atoms in total. The van der Waals surface area contributed by atoms with Crippen molar-refractivity contribution >= 4 is 0 Å². The Morgan fingerprint density at radius 2 is 2.20 bits per heavy atom. The second-order valence-corrected chi connectivity index (χ2v) is 4.16. The average molecular weight is 203 g/mol. The molecule has 0 aliphatic rings. The van der Waals surface area contributed by atoms with Crippen LogP contribution in [0.2, 0.25) is 0 Å². The van der Waals surface area contributed by atoms with E-state index in [4.69, 9.17) is 5.26 Å². The normalized spacial score (nSPS) is 11.4. The molecule has 0 radical (unpaired) electrons. The smallest absolute Gasteiger partial charge is 0.103 e. The van der Waals surface area contributed by atoms with E-state index < -0.39 is 5.54 Å². The fourth-order valence-electron chi connectivity index (χ4n) is 1.19. The molecule has 1 heterocycles. The molecule has 15 heavy (non-hydrogen) atoms. The van der Waals surface area contributed by atoms with Gasteiger partial charge < -0.3 is 0 Å². The summed E-state index contributed by atoms with van der Waals surface area (Å²) < 4.78 is 0. The summed E-state index contributed by atoms with van der Waals surface area (Å²) in [5, 5.41) is 8.95. The summed E-state index contributed by atoms with van der Waals surface area (Å²) in [4.78, 5) is 6.29. The van der Waals surface area contributed by atoms with E-state index in [1.54, 1.807) is 6.20 Å². The summed E-state index contributed by atoms with van der Waals surface area (Å²) in [6.07, 6.45) is 2.67. The Kier molecular flexibility index (Phi) is 3.81. The predicted molar refractivity (Wildman–Crippen MR) is 60.3 cm³/mol. The SMILES string of the molecule is CN(CCc1ccccn1)C(C)(C)C#N. The lowest BCUT2D eigenvalue weighted by atomic mass is 10.1. The van der Waals surface area contributed by atoms with Gasteiger partial charge in [0.1, 0.15) is 5.54 Å². The van der Waals surface area contributed by atoms with E-state index in [2.05, 4.69) is 11.1 Å². The molecule has 0 saturated heterocycles. The maximum absolute atomic E-state index is 8.95. The third kappa shape index (κ3) is 3.34. The van der Waals surface area contributed by atoms with Gasteiger partial charge in [-0.1, -0.05) is 6.07 Å². The molecule has 0 aromatic carbocycles. The van der Waals surface area contributed by atoms with Gasteiger partial charge in [0.25, 0.3) is 0 Å². The van der Waals surface area contributed by atoms with E-state index in [0.29, 0.717) is 0 Å². The van der Waals surface area contributed by atoms with Crippen molar-refractivity contribution in [1.82, 2.24) is 9.88 Å². The lowest BCUT2D eigenvalue weighted by Crippen LogP contribution is -2.40. The maximum atomic E-state index is 8.95. The summed E-state index contributed by atoms with van der Waals surface area (Å²) in [7, 11) is 1.96. The molecule has 0 spiro atoms. The van der Waals surface area contributed by atoms with Gasteiger partial charge >= 0.3 is 0 Å². The minimum absolute atomic E-state index is 0.408. The van der Waals surface area contributed by atoms with Gasteiger partial charge in [-0.2, -0.15) is 5.26 Å². The number of likely N-dealkylation sites (N-methyl/N-ethyl adjacent to an activating group) is 1. The molecule has 0 atom stereocenters. The van der Waals surface area contributed by atoms with Crippen molar-refractivity contribution < 1.29 is 0 Å². The van der Waals surface area contributed by atoms with Gasteiger partial charge in [0.15, 0.2) is 0 Å². The number of hydrogen-bond donors (Lipinski definition) is 0. The molecule has 0 amide bonds. The lowest BCUT2D eigenvalue weighted by molar-refractivity contribution is 0.213. The zero-order valence-electron chi connectivity index (χ0n) is 9.57. The first-order chi connectivity index (χ1) is 7.06. The van der Waals surface area contributed by atoms with Crippen molar-refractivity contribution in [2.24, 2.45) is 0 Å². The summed E-state index contributed by atoms with van der Waals surface area (Å²) >= 11 is 0. The van der Waals surface area contributed by atoms with Gasteiger partial charge in [-0.3, -0.25) is 9.88 Å². The van der Waals surface area contributed by atoms with Crippen LogP contribution in [-0.4, -0.2) is 29.0 Å². The fraction of sp³-hybridized carbons (Fsp3) is 0.500. The number of nitriles is 1. The fourth-order valence-corrected chi connectivity index (χ4v) is 1.19. The number of aromatic nitrogens is 1. The minimum atomic E-state index is -0.408. The summed E-state index contributed by atoms with van der Waals surface area (Å²) in [6.45, 7) is 4.69. The number of rotatable bonds is 4. The number of pyridine rings is 1. The van der Waals surface area contributed by atoms with Gasteiger partial charge in [-0.05, 0) is 33.0 Å². The second kappa shape index (κ2) is 4.90. The first kappa shape index (κ1) is 11.7.